The minimum atomic E-state index is -0.707. The van der Waals surface area contributed by atoms with Crippen LogP contribution in [-0.2, 0) is 19.5 Å². The largest absolute Gasteiger partial charge is 0.208 e. The van der Waals surface area contributed by atoms with Crippen molar-refractivity contribution < 1.29 is 28.3 Å². The SMILES string of the molecule is CCCC/C(F)=C(\F)I.[Zn]. The van der Waals surface area contributed by atoms with E-state index in [9.17, 15) is 8.78 Å². The molecule has 0 nitrogen and oxygen atoms in total. The average Bonchev–Trinajstić information content (AvgIpc) is 1.82. The van der Waals surface area contributed by atoms with Gasteiger partial charge in [0.15, 0.2) is 3.83 Å². The average molecular weight is 311 g/mol. The number of halogens is 3. The van der Waals surface area contributed by atoms with Crippen LogP contribution in [0.25, 0.3) is 0 Å². The monoisotopic (exact) mass is 310 g/mol. The summed E-state index contributed by atoms with van der Waals surface area (Å²) in [6, 6.07) is 0. The Morgan fingerprint density at radius 3 is 2.20 bits per heavy atom. The summed E-state index contributed by atoms with van der Waals surface area (Å²) < 4.78 is 23.4. The molecule has 0 rings (SSSR count). The van der Waals surface area contributed by atoms with E-state index in [1.807, 2.05) is 6.92 Å². The normalized spacial score (nSPS) is 12.0. The van der Waals surface area contributed by atoms with Gasteiger partial charge in [0.1, 0.15) is 5.83 Å². The van der Waals surface area contributed by atoms with Crippen LogP contribution >= 0.6 is 22.6 Å². The van der Waals surface area contributed by atoms with Gasteiger partial charge in [0, 0.05) is 25.9 Å². The van der Waals surface area contributed by atoms with Crippen LogP contribution in [0, 0.1) is 0 Å². The zero-order chi connectivity index (χ0) is 7.28. The zero-order valence-electron chi connectivity index (χ0n) is 5.96. The molecule has 0 aliphatic rings. The van der Waals surface area contributed by atoms with Crippen LogP contribution in [-0.4, -0.2) is 0 Å². The van der Waals surface area contributed by atoms with Crippen molar-refractivity contribution in [3.8, 4) is 0 Å². The Kier molecular flexibility index (Phi) is 10.9. The molecule has 0 aliphatic carbocycles. The first kappa shape index (κ1) is 13.5. The Morgan fingerprint density at radius 1 is 1.40 bits per heavy atom. The fraction of sp³-hybridized carbons (Fsp3) is 0.667. The van der Waals surface area contributed by atoms with Gasteiger partial charge in [-0.05, 0) is 29.0 Å². The molecule has 10 heavy (non-hydrogen) atoms. The van der Waals surface area contributed by atoms with E-state index in [2.05, 4.69) is 0 Å². The fourth-order valence-corrected chi connectivity index (χ4v) is 0.696. The van der Waals surface area contributed by atoms with E-state index in [0.717, 1.165) is 12.8 Å². The second-order valence-electron chi connectivity index (χ2n) is 1.77. The van der Waals surface area contributed by atoms with Crippen LogP contribution in [0.3, 0.4) is 0 Å². The molecule has 0 fully saturated rings. The number of rotatable bonds is 3. The van der Waals surface area contributed by atoms with Crippen molar-refractivity contribution in [3.05, 3.63) is 9.66 Å². The van der Waals surface area contributed by atoms with Gasteiger partial charge < -0.3 is 0 Å². The molecule has 0 unspecified atom stereocenters. The quantitative estimate of drug-likeness (QED) is 0.550. The maximum atomic E-state index is 12.2. The van der Waals surface area contributed by atoms with E-state index < -0.39 is 9.66 Å². The Balaban J connectivity index is 0. The molecule has 56 valence electrons. The second-order valence-corrected chi connectivity index (χ2v) is 2.72. The van der Waals surface area contributed by atoms with Crippen molar-refractivity contribution in [3.63, 3.8) is 0 Å². The molecular weight excluding hydrogens is 302 g/mol. The Labute approximate surface area is 86.4 Å². The summed E-state index contributed by atoms with van der Waals surface area (Å²) >= 11 is 1.35. The molecule has 0 atom stereocenters. The van der Waals surface area contributed by atoms with E-state index in [1.54, 1.807) is 0 Å². The third-order valence-electron chi connectivity index (χ3n) is 0.955. The van der Waals surface area contributed by atoms with Crippen LogP contribution in [0.15, 0.2) is 9.66 Å². The molecule has 0 amide bonds. The number of unbranched alkanes of at least 4 members (excludes halogenated alkanes) is 1. The van der Waals surface area contributed by atoms with Gasteiger partial charge in [0.2, 0.25) is 0 Å². The minimum absolute atomic E-state index is 0. The predicted octanol–water partition coefficient (Wildman–Crippen LogP) is 3.72. The van der Waals surface area contributed by atoms with Gasteiger partial charge in [0.05, 0.1) is 0 Å². The van der Waals surface area contributed by atoms with E-state index in [0.29, 0.717) is 0 Å². The summed E-state index contributed by atoms with van der Waals surface area (Å²) in [6.07, 6.45) is 1.87. The van der Waals surface area contributed by atoms with Gasteiger partial charge >= 0.3 is 0 Å². The van der Waals surface area contributed by atoms with Gasteiger partial charge in [-0.15, -0.1) is 0 Å². The molecule has 0 radical (unpaired) electrons. The molecule has 0 saturated heterocycles. The van der Waals surface area contributed by atoms with Crippen molar-refractivity contribution in [1.82, 2.24) is 0 Å². The van der Waals surface area contributed by atoms with Crippen LogP contribution in [0.5, 0.6) is 0 Å². The topological polar surface area (TPSA) is 0 Å². The van der Waals surface area contributed by atoms with Crippen LogP contribution < -0.4 is 0 Å². The van der Waals surface area contributed by atoms with Crippen LogP contribution in [0.2, 0.25) is 0 Å². The van der Waals surface area contributed by atoms with Crippen molar-refractivity contribution in [1.29, 1.82) is 0 Å². The Morgan fingerprint density at radius 2 is 1.90 bits per heavy atom. The summed E-state index contributed by atoms with van der Waals surface area (Å²) in [4.78, 5) is 0. The first-order valence-electron chi connectivity index (χ1n) is 2.88. The first-order valence-corrected chi connectivity index (χ1v) is 3.96. The van der Waals surface area contributed by atoms with Crippen molar-refractivity contribution in [2.24, 2.45) is 0 Å². The van der Waals surface area contributed by atoms with E-state index >= 15 is 0 Å². The van der Waals surface area contributed by atoms with Crippen molar-refractivity contribution >= 4 is 22.6 Å². The molecule has 0 aromatic heterocycles. The van der Waals surface area contributed by atoms with Crippen LogP contribution in [0.1, 0.15) is 26.2 Å². The summed E-state index contributed by atoms with van der Waals surface area (Å²) in [6.45, 7) is 1.94. The third kappa shape index (κ3) is 7.07. The molecule has 0 heterocycles. The van der Waals surface area contributed by atoms with E-state index in [-0.39, 0.29) is 25.9 Å². The molecule has 4 heteroatoms. The molecule has 0 spiro atoms. The molecule has 0 aliphatic heterocycles. The van der Waals surface area contributed by atoms with Gasteiger partial charge in [-0.3, -0.25) is 0 Å². The predicted molar refractivity (Wildman–Crippen MR) is 42.8 cm³/mol. The molecular formula is C6H9F2IZn. The van der Waals surface area contributed by atoms with Crippen molar-refractivity contribution in [2.45, 2.75) is 26.2 Å². The van der Waals surface area contributed by atoms with Crippen LogP contribution in [0.4, 0.5) is 8.78 Å². The second kappa shape index (κ2) is 8.05. The van der Waals surface area contributed by atoms with E-state index in [1.165, 1.54) is 22.6 Å². The van der Waals surface area contributed by atoms with Gasteiger partial charge in [-0.2, -0.15) is 4.39 Å². The minimum Gasteiger partial charge on any atom is -0.208 e. The molecule has 0 N–H and O–H groups in total. The first-order chi connectivity index (χ1) is 4.18. The number of hydrogen-bond donors (Lipinski definition) is 0. The summed E-state index contributed by atoms with van der Waals surface area (Å²) in [5.74, 6) is -0.613. The fourth-order valence-electron chi connectivity index (χ4n) is 0.426. The Bertz CT molecular complexity index is 110. The summed E-state index contributed by atoms with van der Waals surface area (Å²) in [5, 5.41) is 0. The standard InChI is InChI=1S/C6H9F2I.Zn/c1-2-3-4-5(7)6(8)9;/h2-4H2,1H3;/b6-5-;. The zero-order valence-corrected chi connectivity index (χ0v) is 11.1. The third-order valence-corrected chi connectivity index (χ3v) is 1.54. The molecule has 0 saturated carbocycles. The summed E-state index contributed by atoms with van der Waals surface area (Å²) in [7, 11) is 0. The Hall–Kier alpha value is 0.953. The van der Waals surface area contributed by atoms with E-state index in [4.69, 9.17) is 0 Å². The molecule has 0 aromatic carbocycles. The summed E-state index contributed by atoms with van der Waals surface area (Å²) in [5.41, 5.74) is 0. The molecule has 0 aromatic rings. The number of allylic oxidation sites excluding steroid dienone is 1. The smallest absolute Gasteiger partial charge is 0.191 e. The maximum Gasteiger partial charge on any atom is 0.191 e. The molecule has 0 bridgehead atoms. The van der Waals surface area contributed by atoms with Gasteiger partial charge in [0.25, 0.3) is 0 Å². The van der Waals surface area contributed by atoms with Gasteiger partial charge in [-0.1, -0.05) is 13.3 Å². The van der Waals surface area contributed by atoms with Gasteiger partial charge in [-0.25, -0.2) is 4.39 Å². The maximum absolute atomic E-state index is 12.2. The van der Waals surface area contributed by atoms with Crippen molar-refractivity contribution in [2.75, 3.05) is 0 Å². The number of hydrogen-bond acceptors (Lipinski definition) is 0.